The van der Waals surface area contributed by atoms with E-state index in [0.717, 1.165) is 31.5 Å². The van der Waals surface area contributed by atoms with Crippen LogP contribution in [0.1, 0.15) is 34.7 Å². The SMILES string of the molecule is CNC(=O)c1cc(C2CCNCC2)ccc1F.Cl. The fraction of sp³-hybridized carbons (Fsp3) is 0.462. The summed E-state index contributed by atoms with van der Waals surface area (Å²) in [6.45, 7) is 1.97. The molecule has 2 rings (SSSR count). The smallest absolute Gasteiger partial charge is 0.254 e. The average Bonchev–Trinajstić information content (AvgIpc) is 2.39. The van der Waals surface area contributed by atoms with E-state index in [0.29, 0.717) is 5.92 Å². The van der Waals surface area contributed by atoms with Gasteiger partial charge in [-0.2, -0.15) is 0 Å². The van der Waals surface area contributed by atoms with E-state index in [4.69, 9.17) is 0 Å². The highest BCUT2D eigenvalue weighted by Gasteiger charge is 2.18. The number of carbonyl (C=O) groups excluding carboxylic acids is 1. The van der Waals surface area contributed by atoms with Gasteiger partial charge in [-0.15, -0.1) is 12.4 Å². The highest BCUT2D eigenvalue weighted by atomic mass is 35.5. The predicted octanol–water partition coefficient (Wildman–Crippen LogP) is 2.07. The summed E-state index contributed by atoms with van der Waals surface area (Å²) in [5, 5.41) is 5.75. The number of amides is 1. The molecule has 18 heavy (non-hydrogen) atoms. The van der Waals surface area contributed by atoms with Crippen LogP contribution >= 0.6 is 12.4 Å². The molecule has 0 aliphatic carbocycles. The molecular formula is C13H18ClFN2O. The number of hydrogen-bond acceptors (Lipinski definition) is 2. The van der Waals surface area contributed by atoms with Gasteiger partial charge >= 0.3 is 0 Å². The first-order valence-corrected chi connectivity index (χ1v) is 5.94. The summed E-state index contributed by atoms with van der Waals surface area (Å²) < 4.78 is 13.5. The van der Waals surface area contributed by atoms with E-state index in [1.54, 1.807) is 12.1 Å². The zero-order chi connectivity index (χ0) is 12.3. The molecule has 1 aromatic carbocycles. The lowest BCUT2D eigenvalue weighted by atomic mass is 9.89. The normalized spacial score (nSPS) is 15.9. The highest BCUT2D eigenvalue weighted by Crippen LogP contribution is 2.26. The van der Waals surface area contributed by atoms with Crippen LogP contribution in [-0.2, 0) is 0 Å². The van der Waals surface area contributed by atoms with E-state index in [1.165, 1.54) is 13.1 Å². The molecular weight excluding hydrogens is 255 g/mol. The summed E-state index contributed by atoms with van der Waals surface area (Å²) in [4.78, 5) is 11.5. The molecule has 1 aliphatic rings. The van der Waals surface area contributed by atoms with Crippen LogP contribution in [0.4, 0.5) is 4.39 Å². The van der Waals surface area contributed by atoms with Crippen molar-refractivity contribution >= 4 is 18.3 Å². The molecule has 0 saturated carbocycles. The van der Waals surface area contributed by atoms with Crippen LogP contribution in [0.25, 0.3) is 0 Å². The van der Waals surface area contributed by atoms with Crippen molar-refractivity contribution in [2.75, 3.05) is 20.1 Å². The fourth-order valence-electron chi connectivity index (χ4n) is 2.26. The van der Waals surface area contributed by atoms with E-state index < -0.39 is 5.82 Å². The molecule has 0 spiro atoms. The predicted molar refractivity (Wildman–Crippen MR) is 71.9 cm³/mol. The molecule has 3 nitrogen and oxygen atoms in total. The quantitative estimate of drug-likeness (QED) is 0.865. The van der Waals surface area contributed by atoms with Gasteiger partial charge in [0.05, 0.1) is 5.56 Å². The Morgan fingerprint density at radius 3 is 2.67 bits per heavy atom. The van der Waals surface area contributed by atoms with Gasteiger partial charge in [-0.05, 0) is 49.5 Å². The van der Waals surface area contributed by atoms with Gasteiger partial charge in [0.25, 0.3) is 5.91 Å². The third kappa shape index (κ3) is 3.21. The van der Waals surface area contributed by atoms with Gasteiger partial charge in [-0.25, -0.2) is 4.39 Å². The second-order valence-corrected chi connectivity index (χ2v) is 4.34. The Labute approximate surface area is 113 Å². The number of carbonyl (C=O) groups is 1. The molecule has 0 aromatic heterocycles. The van der Waals surface area contributed by atoms with Gasteiger partial charge < -0.3 is 10.6 Å². The van der Waals surface area contributed by atoms with Gasteiger partial charge in [0.1, 0.15) is 5.82 Å². The van der Waals surface area contributed by atoms with Crippen molar-refractivity contribution in [1.82, 2.24) is 10.6 Å². The van der Waals surface area contributed by atoms with Crippen LogP contribution < -0.4 is 10.6 Å². The minimum Gasteiger partial charge on any atom is -0.355 e. The first-order chi connectivity index (χ1) is 8.22. The van der Waals surface area contributed by atoms with Gasteiger partial charge in [0, 0.05) is 7.05 Å². The van der Waals surface area contributed by atoms with Crippen molar-refractivity contribution in [2.24, 2.45) is 0 Å². The largest absolute Gasteiger partial charge is 0.355 e. The number of halogens is 2. The Morgan fingerprint density at radius 2 is 2.06 bits per heavy atom. The summed E-state index contributed by atoms with van der Waals surface area (Å²) in [5.74, 6) is -0.388. The lowest BCUT2D eigenvalue weighted by molar-refractivity contribution is 0.0959. The summed E-state index contributed by atoms with van der Waals surface area (Å²) in [6.07, 6.45) is 2.08. The van der Waals surface area contributed by atoms with Gasteiger partial charge in [-0.1, -0.05) is 6.07 Å². The van der Waals surface area contributed by atoms with Crippen LogP contribution in [0.2, 0.25) is 0 Å². The maximum atomic E-state index is 13.5. The summed E-state index contributed by atoms with van der Waals surface area (Å²) in [7, 11) is 1.51. The minimum atomic E-state index is -0.456. The zero-order valence-corrected chi connectivity index (χ0v) is 11.1. The summed E-state index contributed by atoms with van der Waals surface area (Å²) in [6, 6.07) is 4.86. The van der Waals surface area contributed by atoms with E-state index in [2.05, 4.69) is 10.6 Å². The maximum absolute atomic E-state index is 13.5. The van der Waals surface area contributed by atoms with Crippen LogP contribution in [0.3, 0.4) is 0 Å². The molecule has 1 amide bonds. The van der Waals surface area contributed by atoms with Crippen molar-refractivity contribution in [3.8, 4) is 0 Å². The Morgan fingerprint density at radius 1 is 1.39 bits per heavy atom. The summed E-state index contributed by atoms with van der Waals surface area (Å²) in [5.41, 5.74) is 1.20. The molecule has 1 fully saturated rings. The van der Waals surface area contributed by atoms with Gasteiger partial charge in [-0.3, -0.25) is 4.79 Å². The van der Waals surface area contributed by atoms with E-state index in [1.807, 2.05) is 0 Å². The topological polar surface area (TPSA) is 41.1 Å². The average molecular weight is 273 g/mol. The van der Waals surface area contributed by atoms with Crippen molar-refractivity contribution in [1.29, 1.82) is 0 Å². The molecule has 0 radical (unpaired) electrons. The maximum Gasteiger partial charge on any atom is 0.254 e. The standard InChI is InChI=1S/C13H17FN2O.ClH/c1-15-13(17)11-8-10(2-3-12(11)14)9-4-6-16-7-5-9;/h2-3,8-9,16H,4-7H2,1H3,(H,15,17);1H. The zero-order valence-electron chi connectivity index (χ0n) is 10.3. The summed E-state index contributed by atoms with van der Waals surface area (Å²) >= 11 is 0. The van der Waals surface area contributed by atoms with Crippen molar-refractivity contribution in [3.63, 3.8) is 0 Å². The van der Waals surface area contributed by atoms with Crippen LogP contribution in [0, 0.1) is 5.82 Å². The molecule has 1 aliphatic heterocycles. The molecule has 2 N–H and O–H groups in total. The third-order valence-electron chi connectivity index (χ3n) is 3.27. The molecule has 5 heteroatoms. The number of hydrogen-bond donors (Lipinski definition) is 2. The molecule has 0 atom stereocenters. The first-order valence-electron chi connectivity index (χ1n) is 5.94. The minimum absolute atomic E-state index is 0. The van der Waals surface area contributed by atoms with Crippen LogP contribution in [0.5, 0.6) is 0 Å². The monoisotopic (exact) mass is 272 g/mol. The van der Waals surface area contributed by atoms with E-state index in [-0.39, 0.29) is 23.9 Å². The van der Waals surface area contributed by atoms with Crippen LogP contribution in [-0.4, -0.2) is 26.0 Å². The number of piperidine rings is 1. The van der Waals surface area contributed by atoms with Crippen molar-refractivity contribution in [2.45, 2.75) is 18.8 Å². The molecule has 100 valence electrons. The Balaban J connectivity index is 0.00000162. The second kappa shape index (κ2) is 6.71. The highest BCUT2D eigenvalue weighted by molar-refractivity contribution is 5.94. The third-order valence-corrected chi connectivity index (χ3v) is 3.27. The van der Waals surface area contributed by atoms with E-state index in [9.17, 15) is 9.18 Å². The molecule has 1 heterocycles. The second-order valence-electron chi connectivity index (χ2n) is 4.34. The number of nitrogens with one attached hydrogen (secondary N) is 2. The van der Waals surface area contributed by atoms with Gasteiger partial charge in [0.2, 0.25) is 0 Å². The number of rotatable bonds is 2. The Bertz CT molecular complexity index is 419. The Hall–Kier alpha value is -1.13. The lowest BCUT2D eigenvalue weighted by Gasteiger charge is -2.23. The Kier molecular flexibility index (Phi) is 5.56. The van der Waals surface area contributed by atoms with Crippen molar-refractivity contribution < 1.29 is 9.18 Å². The fourth-order valence-corrected chi connectivity index (χ4v) is 2.26. The molecule has 0 bridgehead atoms. The van der Waals surface area contributed by atoms with E-state index >= 15 is 0 Å². The first kappa shape index (κ1) is 14.9. The van der Waals surface area contributed by atoms with Crippen LogP contribution in [0.15, 0.2) is 18.2 Å². The number of benzene rings is 1. The molecule has 1 saturated heterocycles. The molecule has 1 aromatic rings. The lowest BCUT2D eigenvalue weighted by Crippen LogP contribution is -2.27. The van der Waals surface area contributed by atoms with Crippen molar-refractivity contribution in [3.05, 3.63) is 35.1 Å². The molecule has 0 unspecified atom stereocenters. The van der Waals surface area contributed by atoms with Gasteiger partial charge in [0.15, 0.2) is 0 Å².